The Bertz CT molecular complexity index is 968. The van der Waals surface area contributed by atoms with Crippen molar-refractivity contribution in [3.63, 3.8) is 0 Å². The van der Waals surface area contributed by atoms with Gasteiger partial charge in [0.05, 0.1) is 37.5 Å². The monoisotopic (exact) mass is 432 g/mol. The number of hydrogen-bond acceptors (Lipinski definition) is 9. The Morgan fingerprint density at radius 3 is 2.52 bits per heavy atom. The summed E-state index contributed by atoms with van der Waals surface area (Å²) in [6.07, 6.45) is 0.613. The molecule has 1 aromatic carbocycles. The Morgan fingerprint density at radius 2 is 1.84 bits per heavy atom. The molecule has 1 aromatic heterocycles. The van der Waals surface area contributed by atoms with Gasteiger partial charge in [-0.25, -0.2) is 9.78 Å². The van der Waals surface area contributed by atoms with E-state index in [-0.39, 0.29) is 18.2 Å². The summed E-state index contributed by atoms with van der Waals surface area (Å²) in [7, 11) is 3.15. The lowest BCUT2D eigenvalue weighted by molar-refractivity contribution is -0.162. The van der Waals surface area contributed by atoms with E-state index < -0.39 is 18.0 Å². The van der Waals surface area contributed by atoms with E-state index in [1.54, 1.807) is 32.5 Å². The maximum Gasteiger partial charge on any atom is 0.407 e. The minimum Gasteiger partial charge on any atom is -0.493 e. The maximum absolute atomic E-state index is 12.0. The second-order valence-electron chi connectivity index (χ2n) is 7.98. The Kier molecular flexibility index (Phi) is 5.76. The first-order valence-corrected chi connectivity index (χ1v) is 10.3. The molecule has 10 heteroatoms. The summed E-state index contributed by atoms with van der Waals surface area (Å²) >= 11 is 0. The van der Waals surface area contributed by atoms with E-state index in [1.807, 2.05) is 20.8 Å². The third-order valence-corrected chi connectivity index (χ3v) is 5.37. The van der Waals surface area contributed by atoms with Crippen LogP contribution in [0.2, 0.25) is 0 Å². The van der Waals surface area contributed by atoms with Gasteiger partial charge >= 0.3 is 6.09 Å². The summed E-state index contributed by atoms with van der Waals surface area (Å²) in [6, 6.07) is 3.39. The van der Waals surface area contributed by atoms with Gasteiger partial charge in [-0.1, -0.05) is 0 Å². The lowest BCUT2D eigenvalue weighted by atomic mass is 10.2. The van der Waals surface area contributed by atoms with Crippen molar-refractivity contribution in [1.29, 1.82) is 0 Å². The highest BCUT2D eigenvalue weighted by Crippen LogP contribution is 2.41. The summed E-state index contributed by atoms with van der Waals surface area (Å²) in [5.41, 5.74) is 1.35. The molecule has 4 rings (SSSR count). The van der Waals surface area contributed by atoms with E-state index in [4.69, 9.17) is 23.7 Å². The number of nitrogens with zero attached hydrogens (tertiary/aromatic N) is 2. The summed E-state index contributed by atoms with van der Waals surface area (Å²) in [5, 5.41) is 6.04. The number of ether oxygens (including phenoxy) is 5. The highest BCUT2D eigenvalue weighted by atomic mass is 16.8. The van der Waals surface area contributed by atoms with E-state index in [9.17, 15) is 4.79 Å². The Morgan fingerprint density at radius 1 is 1.16 bits per heavy atom. The van der Waals surface area contributed by atoms with E-state index in [0.717, 1.165) is 0 Å². The van der Waals surface area contributed by atoms with Crippen molar-refractivity contribution >= 4 is 22.9 Å². The zero-order valence-corrected chi connectivity index (χ0v) is 18.3. The molecule has 4 atom stereocenters. The SMILES string of the molecule is CCNC(=O)O[C@H]1C[C@@H](Nc2cnc3cc(OC)c(OC)cc3n2)[C@@H]2OC(C)(C)O[C@@H]21. The third kappa shape index (κ3) is 4.31. The van der Waals surface area contributed by atoms with E-state index >= 15 is 0 Å². The van der Waals surface area contributed by atoms with E-state index in [0.29, 0.717) is 41.3 Å². The zero-order valence-electron chi connectivity index (χ0n) is 18.3. The number of amides is 1. The standard InChI is InChI=1S/C21H28N4O6/c1-6-22-20(26)29-16-9-13(18-19(16)31-21(2,3)30-18)25-17-10-23-11-7-14(27-4)15(28-5)8-12(11)24-17/h7-8,10,13,16,18-19H,6,9H2,1-5H3,(H,22,26)(H,24,25)/t13-,16+,18+,19-/m1/s1. The average Bonchev–Trinajstić information content (AvgIpc) is 3.21. The van der Waals surface area contributed by atoms with Crippen LogP contribution in [0.3, 0.4) is 0 Å². The number of hydrogen-bond donors (Lipinski definition) is 2. The van der Waals surface area contributed by atoms with Crippen LogP contribution in [0.4, 0.5) is 10.6 Å². The number of anilines is 1. The van der Waals surface area contributed by atoms with Crippen LogP contribution in [-0.2, 0) is 14.2 Å². The fourth-order valence-electron chi connectivity index (χ4n) is 4.11. The van der Waals surface area contributed by atoms with Crippen molar-refractivity contribution < 1.29 is 28.5 Å². The number of methoxy groups -OCH3 is 2. The Labute approximate surface area is 180 Å². The largest absolute Gasteiger partial charge is 0.493 e. The first-order valence-electron chi connectivity index (χ1n) is 10.3. The van der Waals surface area contributed by atoms with Crippen LogP contribution in [0.1, 0.15) is 27.2 Å². The van der Waals surface area contributed by atoms with Gasteiger partial charge in [0.25, 0.3) is 0 Å². The van der Waals surface area contributed by atoms with Crippen LogP contribution in [0, 0.1) is 0 Å². The van der Waals surface area contributed by atoms with Gasteiger partial charge in [0.2, 0.25) is 0 Å². The summed E-state index contributed by atoms with van der Waals surface area (Å²) in [6.45, 7) is 6.03. The third-order valence-electron chi connectivity index (χ3n) is 5.37. The molecule has 2 aromatic rings. The molecule has 0 radical (unpaired) electrons. The molecule has 0 bridgehead atoms. The molecule has 31 heavy (non-hydrogen) atoms. The van der Waals surface area contributed by atoms with Gasteiger partial charge in [0.15, 0.2) is 17.3 Å². The van der Waals surface area contributed by atoms with Crippen molar-refractivity contribution in [1.82, 2.24) is 15.3 Å². The Balaban J connectivity index is 1.56. The van der Waals surface area contributed by atoms with E-state index in [1.165, 1.54) is 0 Å². The number of fused-ring (bicyclic) bond motifs is 2. The molecule has 2 aliphatic rings. The topological polar surface area (TPSA) is 113 Å². The molecule has 168 valence electrons. The zero-order chi connectivity index (χ0) is 22.2. The molecular weight excluding hydrogens is 404 g/mol. The van der Waals surface area contributed by atoms with Gasteiger partial charge < -0.3 is 34.3 Å². The molecule has 1 aliphatic carbocycles. The maximum atomic E-state index is 12.0. The van der Waals surface area contributed by atoms with Crippen LogP contribution < -0.4 is 20.1 Å². The van der Waals surface area contributed by atoms with Gasteiger partial charge in [-0.15, -0.1) is 0 Å². The summed E-state index contributed by atoms with van der Waals surface area (Å²) < 4.78 is 28.4. The van der Waals surface area contributed by atoms with E-state index in [2.05, 4.69) is 20.6 Å². The van der Waals surface area contributed by atoms with Crippen molar-refractivity contribution in [2.24, 2.45) is 0 Å². The number of benzene rings is 1. The predicted octanol–water partition coefficient (Wildman–Crippen LogP) is 2.47. The number of nitrogens with one attached hydrogen (secondary N) is 2. The highest BCUT2D eigenvalue weighted by molar-refractivity contribution is 5.80. The molecule has 0 unspecified atom stereocenters. The average molecular weight is 432 g/mol. The predicted molar refractivity (Wildman–Crippen MR) is 112 cm³/mol. The molecule has 1 saturated heterocycles. The molecule has 2 heterocycles. The molecule has 10 nitrogen and oxygen atoms in total. The summed E-state index contributed by atoms with van der Waals surface area (Å²) in [5.74, 6) is 0.979. The van der Waals surface area contributed by atoms with Gasteiger partial charge in [-0.3, -0.25) is 4.98 Å². The second kappa shape index (κ2) is 8.35. The number of aromatic nitrogens is 2. The lowest BCUT2D eigenvalue weighted by Gasteiger charge is -2.24. The molecular formula is C21H28N4O6. The van der Waals surface area contributed by atoms with Crippen molar-refractivity contribution in [3.05, 3.63) is 18.3 Å². The molecule has 1 saturated carbocycles. The van der Waals surface area contributed by atoms with Crippen molar-refractivity contribution in [3.8, 4) is 11.5 Å². The van der Waals surface area contributed by atoms with Crippen molar-refractivity contribution in [2.75, 3.05) is 26.1 Å². The van der Waals surface area contributed by atoms with Crippen LogP contribution >= 0.6 is 0 Å². The number of rotatable bonds is 6. The molecule has 2 fully saturated rings. The quantitative estimate of drug-likeness (QED) is 0.711. The number of carbonyl (C=O) groups is 1. The number of alkyl carbamates (subject to hydrolysis) is 1. The van der Waals surface area contributed by atoms with Gasteiger partial charge in [0.1, 0.15) is 24.1 Å². The van der Waals surface area contributed by atoms with Gasteiger partial charge in [-0.05, 0) is 20.8 Å². The normalized spacial score (nSPS) is 26.4. The van der Waals surface area contributed by atoms with Crippen LogP contribution in [0.15, 0.2) is 18.3 Å². The van der Waals surface area contributed by atoms with Gasteiger partial charge in [0, 0.05) is 25.1 Å². The highest BCUT2D eigenvalue weighted by Gasteiger charge is 2.55. The molecule has 1 aliphatic heterocycles. The number of carbonyl (C=O) groups excluding carboxylic acids is 1. The molecule has 2 N–H and O–H groups in total. The van der Waals surface area contributed by atoms with Crippen LogP contribution in [-0.4, -0.2) is 67.0 Å². The summed E-state index contributed by atoms with van der Waals surface area (Å²) in [4.78, 5) is 21.1. The lowest BCUT2D eigenvalue weighted by Crippen LogP contribution is -2.36. The fourth-order valence-corrected chi connectivity index (χ4v) is 4.11. The molecule has 1 amide bonds. The van der Waals surface area contributed by atoms with Crippen molar-refractivity contribution in [2.45, 2.75) is 57.3 Å². The minimum absolute atomic E-state index is 0.168. The van der Waals surface area contributed by atoms with Gasteiger partial charge in [-0.2, -0.15) is 0 Å². The van der Waals surface area contributed by atoms with Crippen LogP contribution in [0.25, 0.3) is 11.0 Å². The first-order chi connectivity index (χ1) is 14.8. The fraction of sp³-hybridized carbons (Fsp3) is 0.571. The second-order valence-corrected chi connectivity index (χ2v) is 7.98. The first kappa shape index (κ1) is 21.4. The minimum atomic E-state index is -0.766. The van der Waals surface area contributed by atoms with Crippen LogP contribution in [0.5, 0.6) is 11.5 Å². The Hall–Kier alpha value is -2.85. The smallest absolute Gasteiger partial charge is 0.407 e. The molecule has 0 spiro atoms.